The predicted molar refractivity (Wildman–Crippen MR) is 77.5 cm³/mol. The summed E-state index contributed by atoms with van der Waals surface area (Å²) in [6.07, 6.45) is -0.204. The summed E-state index contributed by atoms with van der Waals surface area (Å²) in [7, 11) is -7.18. The van der Waals surface area contributed by atoms with Crippen LogP contribution in [0, 0.1) is 0 Å². The smallest absolute Gasteiger partial charge is 0.339 e. The molecule has 9 nitrogen and oxygen atoms in total. The third-order valence-electron chi connectivity index (χ3n) is 2.15. The monoisotopic (exact) mass is 347 g/mol. The second-order valence-corrected chi connectivity index (χ2v) is 7.02. The van der Waals surface area contributed by atoms with Gasteiger partial charge < -0.3 is 29.3 Å². The van der Waals surface area contributed by atoms with Crippen LogP contribution in [0.3, 0.4) is 0 Å². The number of hydrogen-bond donors (Lipinski definition) is 4. The average molecular weight is 347 g/mol. The summed E-state index contributed by atoms with van der Waals surface area (Å²) < 4.78 is 31.8. The number of hydrogen-bond acceptors (Lipinski definition) is 6. The van der Waals surface area contributed by atoms with Crippen LogP contribution in [-0.4, -0.2) is 76.3 Å². The van der Waals surface area contributed by atoms with Crippen LogP contribution in [0.25, 0.3) is 0 Å². The van der Waals surface area contributed by atoms with Gasteiger partial charge in [-0.3, -0.25) is 14.0 Å². The Morgan fingerprint density at radius 3 is 2.48 bits per heavy atom. The van der Waals surface area contributed by atoms with E-state index in [0.29, 0.717) is 6.61 Å². The fourth-order valence-electron chi connectivity index (χ4n) is 1.40. The van der Waals surface area contributed by atoms with E-state index in [1.54, 1.807) is 6.08 Å². The van der Waals surface area contributed by atoms with E-state index in [2.05, 4.69) is 6.58 Å². The fraction of sp³-hybridized carbons (Fsp3) is 0.800. The van der Waals surface area contributed by atoms with Crippen molar-refractivity contribution in [3.63, 3.8) is 0 Å². The summed E-state index contributed by atoms with van der Waals surface area (Å²) in [5, 5.41) is 9.47. The zero-order valence-electron chi connectivity index (χ0n) is 11.6. The van der Waals surface area contributed by atoms with Crippen molar-refractivity contribution in [3.8, 4) is 0 Å². The molecule has 0 fully saturated rings. The van der Waals surface area contributed by atoms with Gasteiger partial charge in [0.25, 0.3) is 0 Å². The SMILES string of the molecule is C=CCOCC(O)COCCN(C[PH](=O)O)CP(=O)(O)O. The van der Waals surface area contributed by atoms with Gasteiger partial charge in [-0.15, -0.1) is 6.58 Å². The second kappa shape index (κ2) is 11.5. The van der Waals surface area contributed by atoms with Crippen LogP contribution in [0.15, 0.2) is 12.7 Å². The summed E-state index contributed by atoms with van der Waals surface area (Å²) in [6.45, 7) is 3.99. The van der Waals surface area contributed by atoms with Crippen molar-refractivity contribution in [1.29, 1.82) is 0 Å². The molecular weight excluding hydrogens is 324 g/mol. The van der Waals surface area contributed by atoms with Gasteiger partial charge >= 0.3 is 7.60 Å². The van der Waals surface area contributed by atoms with E-state index < -0.39 is 28.0 Å². The molecule has 4 N–H and O–H groups in total. The van der Waals surface area contributed by atoms with Gasteiger partial charge in [0.05, 0.1) is 32.7 Å². The Labute approximate surface area is 124 Å². The molecule has 2 unspecified atom stereocenters. The molecular formula is C10H23NO8P2. The number of nitrogens with zero attached hydrogens (tertiary/aromatic N) is 1. The van der Waals surface area contributed by atoms with Crippen LogP contribution in [0.4, 0.5) is 0 Å². The molecule has 0 heterocycles. The molecule has 0 aliphatic rings. The Morgan fingerprint density at radius 1 is 1.33 bits per heavy atom. The number of ether oxygens (including phenoxy) is 2. The summed E-state index contributed by atoms with van der Waals surface area (Å²) in [4.78, 5) is 27.7. The highest BCUT2D eigenvalue weighted by Gasteiger charge is 2.20. The van der Waals surface area contributed by atoms with Crippen LogP contribution >= 0.6 is 15.6 Å². The second-order valence-electron chi connectivity index (χ2n) is 4.31. The van der Waals surface area contributed by atoms with E-state index in [-0.39, 0.29) is 32.7 Å². The van der Waals surface area contributed by atoms with Gasteiger partial charge in [0, 0.05) is 6.54 Å². The van der Waals surface area contributed by atoms with Crippen LogP contribution in [0.5, 0.6) is 0 Å². The lowest BCUT2D eigenvalue weighted by Gasteiger charge is -2.21. The lowest BCUT2D eigenvalue weighted by Crippen LogP contribution is -2.30. The first-order valence-corrected chi connectivity index (χ1v) is 9.53. The van der Waals surface area contributed by atoms with Crippen molar-refractivity contribution in [2.75, 3.05) is 45.5 Å². The van der Waals surface area contributed by atoms with Crippen molar-refractivity contribution >= 4 is 15.6 Å². The maximum absolute atomic E-state index is 10.9. The molecule has 0 amide bonds. The normalized spacial score (nSPS) is 15.1. The van der Waals surface area contributed by atoms with Gasteiger partial charge in [0.1, 0.15) is 12.4 Å². The van der Waals surface area contributed by atoms with E-state index in [9.17, 15) is 14.2 Å². The van der Waals surface area contributed by atoms with E-state index in [1.807, 2.05) is 0 Å². The van der Waals surface area contributed by atoms with Crippen molar-refractivity contribution in [2.24, 2.45) is 0 Å². The summed E-state index contributed by atoms with van der Waals surface area (Å²) in [5.41, 5.74) is 0. The van der Waals surface area contributed by atoms with E-state index >= 15 is 0 Å². The van der Waals surface area contributed by atoms with Crippen LogP contribution in [0.2, 0.25) is 0 Å². The molecule has 126 valence electrons. The minimum Gasteiger partial charge on any atom is -0.388 e. The molecule has 0 bridgehead atoms. The number of rotatable bonds is 13. The Kier molecular flexibility index (Phi) is 11.4. The van der Waals surface area contributed by atoms with Crippen LogP contribution in [0.1, 0.15) is 0 Å². The molecule has 0 radical (unpaired) electrons. The lowest BCUT2D eigenvalue weighted by molar-refractivity contribution is -0.0159. The molecule has 0 saturated carbocycles. The standard InChI is InChI=1S/C10H23NO8P2/c1-2-4-18-6-10(12)7-19-5-3-11(8-20(13)14)9-21(15,16)17/h2,10,12,20H,1,3-9H2,(H,13,14)(H2,15,16,17). The molecule has 0 aromatic rings. The fourth-order valence-corrected chi connectivity index (χ4v) is 3.00. The first-order chi connectivity index (χ1) is 9.74. The molecule has 0 spiro atoms. The molecule has 0 aromatic heterocycles. The average Bonchev–Trinajstić information content (AvgIpc) is 2.32. The van der Waals surface area contributed by atoms with Crippen molar-refractivity contribution < 1.29 is 38.4 Å². The van der Waals surface area contributed by atoms with Crippen LogP contribution in [-0.2, 0) is 18.6 Å². The van der Waals surface area contributed by atoms with E-state index in [0.717, 1.165) is 4.90 Å². The minimum atomic E-state index is -4.31. The maximum atomic E-state index is 10.9. The Hall–Kier alpha value is -0.0800. The molecule has 0 aliphatic carbocycles. The summed E-state index contributed by atoms with van der Waals surface area (Å²) in [6, 6.07) is 0. The van der Waals surface area contributed by atoms with Crippen molar-refractivity contribution in [3.05, 3.63) is 12.7 Å². The molecule has 0 rings (SSSR count). The van der Waals surface area contributed by atoms with Gasteiger partial charge in [-0.25, -0.2) is 0 Å². The zero-order chi connectivity index (χ0) is 16.3. The minimum absolute atomic E-state index is 0.00476. The highest BCUT2D eigenvalue weighted by molar-refractivity contribution is 7.51. The first-order valence-electron chi connectivity index (χ1n) is 6.17. The highest BCUT2D eigenvalue weighted by Crippen LogP contribution is 2.36. The van der Waals surface area contributed by atoms with Crippen LogP contribution < -0.4 is 0 Å². The van der Waals surface area contributed by atoms with E-state index in [1.165, 1.54) is 0 Å². The summed E-state index contributed by atoms with van der Waals surface area (Å²) in [5.74, 6) is 0. The Bertz CT molecular complexity index is 361. The van der Waals surface area contributed by atoms with Gasteiger partial charge in [-0.05, 0) is 0 Å². The summed E-state index contributed by atoms with van der Waals surface area (Å²) >= 11 is 0. The Balaban J connectivity index is 3.94. The third kappa shape index (κ3) is 14.6. The van der Waals surface area contributed by atoms with Crippen molar-refractivity contribution in [2.45, 2.75) is 6.10 Å². The van der Waals surface area contributed by atoms with Crippen molar-refractivity contribution in [1.82, 2.24) is 4.90 Å². The molecule has 0 saturated heterocycles. The van der Waals surface area contributed by atoms with Gasteiger partial charge in [-0.2, -0.15) is 0 Å². The van der Waals surface area contributed by atoms with Gasteiger partial charge in [-0.1, -0.05) is 6.08 Å². The topological polar surface area (TPSA) is 137 Å². The molecule has 21 heavy (non-hydrogen) atoms. The van der Waals surface area contributed by atoms with Gasteiger partial charge in [0.15, 0.2) is 0 Å². The largest absolute Gasteiger partial charge is 0.388 e. The molecule has 0 aliphatic heterocycles. The lowest BCUT2D eigenvalue weighted by atomic mass is 10.4. The maximum Gasteiger partial charge on any atom is 0.339 e. The third-order valence-corrected chi connectivity index (χ3v) is 3.64. The number of aliphatic hydroxyl groups is 1. The first kappa shape index (κ1) is 20.9. The quantitative estimate of drug-likeness (QED) is 0.196. The van der Waals surface area contributed by atoms with E-state index in [4.69, 9.17) is 24.2 Å². The predicted octanol–water partition coefficient (Wildman–Crippen LogP) is -0.572. The van der Waals surface area contributed by atoms with Gasteiger partial charge in [0.2, 0.25) is 8.03 Å². The Morgan fingerprint density at radius 2 is 1.95 bits per heavy atom. The molecule has 2 atom stereocenters. The number of aliphatic hydroxyl groups excluding tert-OH is 1. The zero-order valence-corrected chi connectivity index (χ0v) is 13.5. The molecule has 0 aromatic carbocycles. The molecule has 11 heteroatoms. The highest BCUT2D eigenvalue weighted by atomic mass is 31.2.